The van der Waals surface area contributed by atoms with Crippen LogP contribution in [0.4, 0.5) is 0 Å². The molecule has 2 radical (unpaired) electrons. The molecule has 0 spiro atoms. The lowest BCUT2D eigenvalue weighted by atomic mass is 10.4. The molecular formula is C8H8. The minimum absolute atomic E-state index is 0.631. The van der Waals surface area contributed by atoms with Gasteiger partial charge in [-0.2, -0.15) is 0 Å². The maximum Gasteiger partial charge on any atom is 0.00992 e. The molecule has 0 aromatic rings. The van der Waals surface area contributed by atoms with Crippen LogP contribution in [0.1, 0.15) is 12.8 Å². The van der Waals surface area contributed by atoms with Crippen molar-refractivity contribution < 1.29 is 0 Å². The van der Waals surface area contributed by atoms with Gasteiger partial charge in [-0.15, -0.1) is 0 Å². The van der Waals surface area contributed by atoms with E-state index in [0.717, 1.165) is 0 Å². The van der Waals surface area contributed by atoms with Crippen LogP contribution < -0.4 is 0 Å². The Morgan fingerprint density at radius 3 is 1.50 bits per heavy atom. The lowest BCUT2D eigenvalue weighted by Gasteiger charge is -1.63. The second-order valence-corrected chi connectivity index (χ2v) is 1.10. The zero-order chi connectivity index (χ0) is 6.24. The molecule has 40 valence electrons. The molecule has 0 bridgehead atoms. The summed E-state index contributed by atoms with van der Waals surface area (Å²) in [6.45, 7) is 7.05. The predicted octanol–water partition coefficient (Wildman–Crippen LogP) is 1.44. The average Bonchev–Trinajstić information content (AvgIpc) is 1.81. The van der Waals surface area contributed by atoms with Gasteiger partial charge in [0.15, 0.2) is 0 Å². The van der Waals surface area contributed by atoms with Crippen LogP contribution >= 0.6 is 0 Å². The van der Waals surface area contributed by atoms with Crippen LogP contribution in [0.2, 0.25) is 0 Å². The van der Waals surface area contributed by atoms with Gasteiger partial charge in [0.2, 0.25) is 0 Å². The van der Waals surface area contributed by atoms with Crippen LogP contribution in [-0.2, 0) is 0 Å². The van der Waals surface area contributed by atoms with Gasteiger partial charge in [-0.05, 0) is 25.7 Å². The maximum atomic E-state index is 3.53. The Morgan fingerprint density at radius 2 is 1.25 bits per heavy atom. The van der Waals surface area contributed by atoms with E-state index in [2.05, 4.69) is 37.5 Å². The second-order valence-electron chi connectivity index (χ2n) is 1.10. The van der Waals surface area contributed by atoms with Crippen LogP contribution in [0.3, 0.4) is 0 Å². The molecule has 0 aliphatic heterocycles. The molecule has 0 nitrogen and oxygen atoms in total. The topological polar surface area (TPSA) is 0 Å². The monoisotopic (exact) mass is 104 g/mol. The molecule has 0 N–H and O–H groups in total. The molecule has 0 unspecified atom stereocenters. The summed E-state index contributed by atoms with van der Waals surface area (Å²) < 4.78 is 0. The first-order chi connectivity index (χ1) is 3.91. The van der Waals surface area contributed by atoms with E-state index in [4.69, 9.17) is 0 Å². The van der Waals surface area contributed by atoms with Crippen LogP contribution in [0.15, 0.2) is 0 Å². The predicted molar refractivity (Wildman–Crippen MR) is 35.5 cm³/mol. The molecule has 0 aromatic heterocycles. The van der Waals surface area contributed by atoms with Crippen molar-refractivity contribution in [2.24, 2.45) is 0 Å². The molecule has 0 saturated carbocycles. The van der Waals surface area contributed by atoms with Gasteiger partial charge in [-0.1, -0.05) is 11.8 Å². The molecule has 0 saturated heterocycles. The molecule has 8 heavy (non-hydrogen) atoms. The van der Waals surface area contributed by atoms with Crippen molar-refractivity contribution in [2.45, 2.75) is 12.8 Å². The van der Waals surface area contributed by atoms with E-state index < -0.39 is 0 Å². The Hall–Kier alpha value is -0.880. The highest BCUT2D eigenvalue weighted by Gasteiger charge is 1.57. The summed E-state index contributed by atoms with van der Waals surface area (Å²) in [7, 11) is 0. The van der Waals surface area contributed by atoms with E-state index in [9.17, 15) is 0 Å². The van der Waals surface area contributed by atoms with Crippen LogP contribution in [0.25, 0.3) is 0 Å². The minimum atomic E-state index is 0.631. The lowest BCUT2D eigenvalue weighted by molar-refractivity contribution is 1.48. The quantitative estimate of drug-likeness (QED) is 0.408. The van der Waals surface area contributed by atoms with Gasteiger partial charge in [-0.25, -0.2) is 0 Å². The number of rotatable bonds is 0. The Balaban J connectivity index is 3.40. The standard InChI is InChI=1S/C8H8/c1-3-5-7-8-6-4-2/h1-4H2. The van der Waals surface area contributed by atoms with Crippen LogP contribution in [0, 0.1) is 37.5 Å². The molecule has 0 atom stereocenters. The molecule has 0 rings (SSSR count). The fraction of sp³-hybridized carbons (Fsp3) is 0.250. The smallest absolute Gasteiger partial charge is 0.00992 e. The molecule has 0 fully saturated rings. The molecule has 0 heterocycles. The zero-order valence-electron chi connectivity index (χ0n) is 4.83. The molecular weight excluding hydrogens is 96.1 g/mol. The van der Waals surface area contributed by atoms with Gasteiger partial charge >= 0.3 is 0 Å². The van der Waals surface area contributed by atoms with E-state index in [1.807, 2.05) is 0 Å². The van der Waals surface area contributed by atoms with Gasteiger partial charge in [-0.3, -0.25) is 0 Å². The van der Waals surface area contributed by atoms with Crippen molar-refractivity contribution >= 4 is 0 Å². The van der Waals surface area contributed by atoms with E-state index in [1.54, 1.807) is 0 Å². The SMILES string of the molecule is [CH2]CC#CC#CC[CH2]. The summed E-state index contributed by atoms with van der Waals surface area (Å²) >= 11 is 0. The fourth-order valence-corrected chi connectivity index (χ4v) is 0.213. The number of hydrogen-bond donors (Lipinski definition) is 0. The molecule has 0 aliphatic carbocycles. The van der Waals surface area contributed by atoms with Crippen molar-refractivity contribution in [3.63, 3.8) is 0 Å². The Bertz CT molecular complexity index is 124. The third kappa shape index (κ3) is 5.12. The molecule has 0 amide bonds. The second kappa shape index (κ2) is 6.12. The van der Waals surface area contributed by atoms with Crippen LogP contribution in [-0.4, -0.2) is 0 Å². The van der Waals surface area contributed by atoms with Gasteiger partial charge < -0.3 is 0 Å². The minimum Gasteiger partial charge on any atom is -0.0891 e. The average molecular weight is 104 g/mol. The largest absolute Gasteiger partial charge is 0.0891 e. The van der Waals surface area contributed by atoms with Crippen molar-refractivity contribution in [2.75, 3.05) is 0 Å². The first-order valence-electron chi connectivity index (χ1n) is 2.46. The zero-order valence-corrected chi connectivity index (χ0v) is 4.83. The summed E-state index contributed by atoms with van der Waals surface area (Å²) in [5.74, 6) is 10.7. The lowest BCUT2D eigenvalue weighted by Crippen LogP contribution is -1.54. The fourth-order valence-electron chi connectivity index (χ4n) is 0.213. The van der Waals surface area contributed by atoms with Gasteiger partial charge in [0.1, 0.15) is 0 Å². The third-order valence-electron chi connectivity index (χ3n) is 0.489. The normalized spacial score (nSPS) is 5.75. The van der Waals surface area contributed by atoms with E-state index in [0.29, 0.717) is 12.8 Å². The third-order valence-corrected chi connectivity index (χ3v) is 0.489. The van der Waals surface area contributed by atoms with Gasteiger partial charge in [0.05, 0.1) is 0 Å². The molecule has 0 aromatic carbocycles. The van der Waals surface area contributed by atoms with Gasteiger partial charge in [0.25, 0.3) is 0 Å². The van der Waals surface area contributed by atoms with Crippen molar-refractivity contribution in [1.29, 1.82) is 0 Å². The van der Waals surface area contributed by atoms with E-state index in [-0.39, 0.29) is 0 Å². The van der Waals surface area contributed by atoms with Crippen molar-refractivity contribution in [3.8, 4) is 23.7 Å². The first-order valence-corrected chi connectivity index (χ1v) is 2.46. The van der Waals surface area contributed by atoms with Crippen molar-refractivity contribution in [1.82, 2.24) is 0 Å². The summed E-state index contributed by atoms with van der Waals surface area (Å²) in [5.41, 5.74) is 0. The van der Waals surface area contributed by atoms with Crippen LogP contribution in [0.5, 0.6) is 0 Å². The highest BCUT2D eigenvalue weighted by atomic mass is 13.6. The molecule has 0 aliphatic rings. The Morgan fingerprint density at radius 1 is 0.875 bits per heavy atom. The maximum absolute atomic E-state index is 3.53. The van der Waals surface area contributed by atoms with Gasteiger partial charge in [0, 0.05) is 12.8 Å². The number of hydrogen-bond acceptors (Lipinski definition) is 0. The van der Waals surface area contributed by atoms with E-state index >= 15 is 0 Å². The summed E-state index contributed by atoms with van der Waals surface area (Å²) in [4.78, 5) is 0. The first kappa shape index (κ1) is 7.12. The summed E-state index contributed by atoms with van der Waals surface area (Å²) in [5, 5.41) is 0. The van der Waals surface area contributed by atoms with E-state index in [1.165, 1.54) is 0 Å². The Labute approximate surface area is 51.3 Å². The molecule has 0 heteroatoms. The van der Waals surface area contributed by atoms with Crippen molar-refractivity contribution in [3.05, 3.63) is 13.8 Å². The Kier molecular flexibility index (Phi) is 5.45. The summed E-state index contributed by atoms with van der Waals surface area (Å²) in [6, 6.07) is 0. The highest BCUT2D eigenvalue weighted by Crippen LogP contribution is 1.66. The highest BCUT2D eigenvalue weighted by molar-refractivity contribution is 5.25. The summed E-state index contributed by atoms with van der Waals surface area (Å²) in [6.07, 6.45) is 1.26.